The Kier molecular flexibility index (Phi) is 37.7. The van der Waals surface area contributed by atoms with Crippen molar-refractivity contribution in [1.82, 2.24) is 0 Å². The van der Waals surface area contributed by atoms with E-state index in [2.05, 4.69) is 111 Å². The maximum absolute atomic E-state index is 12.2. The fourth-order valence-electron chi connectivity index (χ4n) is 4.88. The van der Waals surface area contributed by atoms with Gasteiger partial charge in [-0.2, -0.15) is 0 Å². The Hall–Kier alpha value is -3.18. The first-order valence-corrected chi connectivity index (χ1v) is 19.8. The number of hydrogen-bond donors (Lipinski definition) is 1. The lowest BCUT2D eigenvalue weighted by Crippen LogP contribution is -2.28. The summed E-state index contributed by atoms with van der Waals surface area (Å²) < 4.78 is 10.6. The van der Waals surface area contributed by atoms with Crippen LogP contribution >= 0.6 is 0 Å². The van der Waals surface area contributed by atoms with Crippen LogP contribution in [0.1, 0.15) is 155 Å². The van der Waals surface area contributed by atoms with E-state index < -0.39 is 6.10 Å². The number of unbranched alkanes of at least 4 members (excludes halogenated alkanes) is 10. The summed E-state index contributed by atoms with van der Waals surface area (Å²) in [6.07, 6.45) is 56.0. The molecule has 0 aromatic heterocycles. The summed E-state index contributed by atoms with van der Waals surface area (Å²) in [7, 11) is 0. The minimum Gasteiger partial charge on any atom is -0.462 e. The lowest BCUT2D eigenvalue weighted by molar-refractivity contribution is -0.161. The molecular formula is C45H72O5. The number of aliphatic hydroxyl groups excluding tert-OH is 1. The van der Waals surface area contributed by atoms with Gasteiger partial charge in [0, 0.05) is 12.8 Å². The summed E-state index contributed by atoms with van der Waals surface area (Å²) in [5.74, 6) is -0.665. The maximum atomic E-state index is 12.2. The van der Waals surface area contributed by atoms with E-state index in [1.54, 1.807) is 0 Å². The van der Waals surface area contributed by atoms with Crippen LogP contribution < -0.4 is 0 Å². The molecule has 1 unspecified atom stereocenters. The van der Waals surface area contributed by atoms with E-state index in [4.69, 9.17) is 9.47 Å². The number of carbonyl (C=O) groups excluding carboxylic acids is 2. The predicted octanol–water partition coefficient (Wildman–Crippen LogP) is 12.5. The summed E-state index contributed by atoms with van der Waals surface area (Å²) in [6, 6.07) is 0. The van der Waals surface area contributed by atoms with Crippen molar-refractivity contribution in [1.29, 1.82) is 0 Å². The van der Waals surface area contributed by atoms with E-state index in [0.717, 1.165) is 103 Å². The molecule has 0 aliphatic carbocycles. The van der Waals surface area contributed by atoms with Crippen molar-refractivity contribution in [2.75, 3.05) is 13.2 Å². The Labute approximate surface area is 307 Å². The molecule has 1 N–H and O–H groups in total. The van der Waals surface area contributed by atoms with Crippen LogP contribution in [-0.2, 0) is 19.1 Å². The molecule has 1 atom stereocenters. The molecule has 0 aromatic rings. The summed E-state index contributed by atoms with van der Waals surface area (Å²) in [4.78, 5) is 24.3. The zero-order valence-corrected chi connectivity index (χ0v) is 31.9. The summed E-state index contributed by atoms with van der Waals surface area (Å²) in [5, 5.41) is 9.55. The number of allylic oxidation sites excluding steroid dienone is 16. The molecule has 50 heavy (non-hydrogen) atoms. The monoisotopic (exact) mass is 693 g/mol. The molecule has 0 amide bonds. The third kappa shape index (κ3) is 37.6. The highest BCUT2D eigenvalue weighted by Crippen LogP contribution is 2.09. The van der Waals surface area contributed by atoms with Gasteiger partial charge in [0.1, 0.15) is 6.61 Å². The molecule has 0 aromatic carbocycles. The van der Waals surface area contributed by atoms with Gasteiger partial charge >= 0.3 is 11.9 Å². The number of carbonyl (C=O) groups is 2. The summed E-state index contributed by atoms with van der Waals surface area (Å²) in [5.41, 5.74) is 0. The van der Waals surface area contributed by atoms with Gasteiger partial charge < -0.3 is 14.6 Å². The fraction of sp³-hybridized carbons (Fsp3) is 0.600. The van der Waals surface area contributed by atoms with E-state index in [9.17, 15) is 14.7 Å². The third-order valence-corrected chi connectivity index (χ3v) is 7.86. The zero-order valence-electron chi connectivity index (χ0n) is 31.9. The molecule has 0 aliphatic rings. The van der Waals surface area contributed by atoms with E-state index in [-0.39, 0.29) is 25.2 Å². The Morgan fingerprint density at radius 2 is 0.860 bits per heavy atom. The van der Waals surface area contributed by atoms with Crippen LogP contribution in [0.4, 0.5) is 0 Å². The van der Waals surface area contributed by atoms with E-state index in [0.29, 0.717) is 12.8 Å². The first kappa shape index (κ1) is 46.8. The molecular weight excluding hydrogens is 620 g/mol. The third-order valence-electron chi connectivity index (χ3n) is 7.86. The van der Waals surface area contributed by atoms with Gasteiger partial charge in [-0.3, -0.25) is 9.59 Å². The lowest BCUT2D eigenvalue weighted by Gasteiger charge is -2.15. The highest BCUT2D eigenvalue weighted by molar-refractivity contribution is 5.70. The van der Waals surface area contributed by atoms with Crippen LogP contribution in [0.15, 0.2) is 97.2 Å². The minimum absolute atomic E-state index is 0.0982. The molecule has 0 rings (SSSR count). The van der Waals surface area contributed by atoms with Crippen LogP contribution in [0.2, 0.25) is 0 Å². The van der Waals surface area contributed by atoms with Gasteiger partial charge in [-0.25, -0.2) is 0 Å². The molecule has 5 nitrogen and oxygen atoms in total. The quantitative estimate of drug-likeness (QED) is 0.0413. The number of esters is 2. The molecule has 282 valence electrons. The number of rotatable bonds is 34. The Balaban J connectivity index is 3.72. The molecule has 0 saturated heterocycles. The molecule has 0 radical (unpaired) electrons. The zero-order chi connectivity index (χ0) is 36.4. The number of ether oxygens (including phenoxy) is 2. The van der Waals surface area contributed by atoms with Crippen molar-refractivity contribution in [3.05, 3.63) is 97.2 Å². The van der Waals surface area contributed by atoms with Gasteiger partial charge in [0.2, 0.25) is 0 Å². The van der Waals surface area contributed by atoms with Crippen LogP contribution in [-0.4, -0.2) is 36.4 Å². The van der Waals surface area contributed by atoms with Crippen molar-refractivity contribution in [2.24, 2.45) is 0 Å². The van der Waals surface area contributed by atoms with Gasteiger partial charge in [0.05, 0.1) is 6.61 Å². The second kappa shape index (κ2) is 40.3. The molecule has 0 heterocycles. The van der Waals surface area contributed by atoms with Crippen molar-refractivity contribution in [3.63, 3.8) is 0 Å². The van der Waals surface area contributed by atoms with Crippen molar-refractivity contribution >= 4 is 11.9 Å². The van der Waals surface area contributed by atoms with E-state index in [1.165, 1.54) is 25.7 Å². The Morgan fingerprint density at radius 3 is 1.30 bits per heavy atom. The first-order valence-electron chi connectivity index (χ1n) is 19.8. The highest BCUT2D eigenvalue weighted by Gasteiger charge is 2.16. The van der Waals surface area contributed by atoms with Crippen LogP contribution in [0, 0.1) is 0 Å². The molecule has 0 aliphatic heterocycles. The van der Waals surface area contributed by atoms with Crippen LogP contribution in [0.5, 0.6) is 0 Å². The molecule has 0 saturated carbocycles. The van der Waals surface area contributed by atoms with Gasteiger partial charge in [0.15, 0.2) is 6.10 Å². The average molecular weight is 693 g/mol. The summed E-state index contributed by atoms with van der Waals surface area (Å²) in [6.45, 7) is 3.93. The van der Waals surface area contributed by atoms with Crippen molar-refractivity contribution in [2.45, 2.75) is 161 Å². The van der Waals surface area contributed by atoms with Gasteiger partial charge in [-0.15, -0.1) is 0 Å². The normalized spacial score (nSPS) is 13.3. The fourth-order valence-corrected chi connectivity index (χ4v) is 4.88. The van der Waals surface area contributed by atoms with Gasteiger partial charge in [-0.1, -0.05) is 143 Å². The molecule has 5 heteroatoms. The van der Waals surface area contributed by atoms with Crippen molar-refractivity contribution in [3.8, 4) is 0 Å². The van der Waals surface area contributed by atoms with E-state index in [1.807, 2.05) is 0 Å². The van der Waals surface area contributed by atoms with Gasteiger partial charge in [0.25, 0.3) is 0 Å². The number of aliphatic hydroxyl groups is 1. The Morgan fingerprint density at radius 1 is 0.480 bits per heavy atom. The standard InChI is InChI=1S/C45H72O5/c1-3-5-7-9-11-13-15-17-19-21-22-24-26-28-30-32-34-36-38-40-45(48)50-43(41-46)42-49-44(47)39-37-35-33-31-29-27-25-23-20-18-16-14-12-10-8-6-4-2/h6,8,11-14,17-20,22,24-25,27-28,30,43,46H,3-5,7,9-10,15-16,21,23,26,29,31-42H2,1-2H3. The van der Waals surface area contributed by atoms with Gasteiger partial charge in [-0.05, 0) is 96.3 Å². The second-order valence-corrected chi connectivity index (χ2v) is 12.6. The Bertz CT molecular complexity index is 1010. The van der Waals surface area contributed by atoms with E-state index >= 15 is 0 Å². The average Bonchev–Trinajstić information content (AvgIpc) is 3.12. The maximum Gasteiger partial charge on any atom is 0.306 e. The lowest BCUT2D eigenvalue weighted by atomic mass is 10.1. The SMILES string of the molecule is CCC=CCC=CCC=CCC=CCCCCCCC(=O)OCC(CO)OC(=O)CCCCCC=CCC=CCC=CCC=CCCCCC. The topological polar surface area (TPSA) is 72.8 Å². The predicted molar refractivity (Wildman–Crippen MR) is 214 cm³/mol. The van der Waals surface area contributed by atoms with Crippen molar-refractivity contribution < 1.29 is 24.2 Å². The summed E-state index contributed by atoms with van der Waals surface area (Å²) >= 11 is 0. The van der Waals surface area contributed by atoms with Crippen LogP contribution in [0.25, 0.3) is 0 Å². The first-order chi connectivity index (χ1) is 24.6. The smallest absolute Gasteiger partial charge is 0.306 e. The molecule has 0 bridgehead atoms. The highest BCUT2D eigenvalue weighted by atomic mass is 16.6. The number of hydrogen-bond acceptors (Lipinski definition) is 5. The van der Waals surface area contributed by atoms with Crippen LogP contribution in [0.3, 0.4) is 0 Å². The minimum atomic E-state index is -0.804. The molecule has 0 spiro atoms. The largest absolute Gasteiger partial charge is 0.462 e. The molecule has 0 fully saturated rings. The second-order valence-electron chi connectivity index (χ2n) is 12.6.